The highest BCUT2D eigenvalue weighted by molar-refractivity contribution is 6.30. The van der Waals surface area contributed by atoms with E-state index in [9.17, 15) is 9.59 Å². The average Bonchev–Trinajstić information content (AvgIpc) is 3.18. The third-order valence-corrected chi connectivity index (χ3v) is 4.00. The summed E-state index contributed by atoms with van der Waals surface area (Å²) in [5.41, 5.74) is 0.552. The lowest BCUT2D eigenvalue weighted by molar-refractivity contribution is -0.123. The topological polar surface area (TPSA) is 77.8 Å². The number of benzene rings is 2. The average molecular weight is 400 g/mol. The Hall–Kier alpha value is -3.25. The molecule has 1 unspecified atom stereocenters. The molecule has 7 heteroatoms. The van der Waals surface area contributed by atoms with E-state index in [0.717, 1.165) is 0 Å². The highest BCUT2D eigenvalue weighted by Gasteiger charge is 2.21. The van der Waals surface area contributed by atoms with Gasteiger partial charge in [0.1, 0.15) is 18.1 Å². The predicted octanol–water partition coefficient (Wildman–Crippen LogP) is 4.70. The van der Waals surface area contributed by atoms with Gasteiger partial charge in [-0.25, -0.2) is 4.79 Å². The fourth-order valence-corrected chi connectivity index (χ4v) is 2.41. The van der Waals surface area contributed by atoms with Crippen LogP contribution < -0.4 is 10.1 Å². The number of nitrogens with one attached hydrogen (secondary N) is 1. The van der Waals surface area contributed by atoms with Crippen LogP contribution >= 0.6 is 11.6 Å². The first-order chi connectivity index (χ1) is 13.5. The maximum Gasteiger partial charge on any atom is 0.375 e. The zero-order chi connectivity index (χ0) is 19.9. The molecular formula is C21H18ClNO5. The van der Waals surface area contributed by atoms with Crippen molar-refractivity contribution in [3.05, 3.63) is 83.3 Å². The lowest BCUT2D eigenvalue weighted by Crippen LogP contribution is -2.29. The monoisotopic (exact) mass is 399 g/mol. The molecule has 0 saturated carbocycles. The Balaban J connectivity index is 1.51. The normalized spacial score (nSPS) is 11.5. The van der Waals surface area contributed by atoms with Crippen molar-refractivity contribution in [2.45, 2.75) is 19.6 Å². The smallest absolute Gasteiger partial charge is 0.375 e. The van der Waals surface area contributed by atoms with Crippen molar-refractivity contribution in [3.63, 3.8) is 0 Å². The largest absolute Gasteiger partial charge is 0.486 e. The van der Waals surface area contributed by atoms with Gasteiger partial charge in [-0.15, -0.1) is 0 Å². The van der Waals surface area contributed by atoms with Crippen LogP contribution in [0, 0.1) is 0 Å². The third kappa shape index (κ3) is 5.37. The quantitative estimate of drug-likeness (QED) is 0.583. The molecule has 1 atom stereocenters. The number of furan rings is 1. The van der Waals surface area contributed by atoms with E-state index in [4.69, 9.17) is 25.5 Å². The standard InChI is InChI=1S/C21H18ClNO5/c1-14(20(24)23-16-9-7-15(22)8-10-16)27-21(25)19-12-11-18(28-19)13-26-17-5-3-2-4-6-17/h2-12,14H,13H2,1H3,(H,23,24). The predicted molar refractivity (Wildman–Crippen MR) is 104 cm³/mol. The minimum Gasteiger partial charge on any atom is -0.486 e. The number of rotatable bonds is 7. The van der Waals surface area contributed by atoms with Crippen LogP contribution in [0.3, 0.4) is 0 Å². The summed E-state index contributed by atoms with van der Waals surface area (Å²) in [6.45, 7) is 1.65. The number of carbonyl (C=O) groups is 2. The number of amides is 1. The maximum atomic E-state index is 12.2. The summed E-state index contributed by atoms with van der Waals surface area (Å²) in [6.07, 6.45) is -1.00. The Labute approximate surface area is 167 Å². The van der Waals surface area contributed by atoms with Crippen LogP contribution in [-0.4, -0.2) is 18.0 Å². The van der Waals surface area contributed by atoms with Crippen molar-refractivity contribution in [1.82, 2.24) is 0 Å². The van der Waals surface area contributed by atoms with E-state index in [1.807, 2.05) is 30.3 Å². The van der Waals surface area contributed by atoms with Gasteiger partial charge in [-0.2, -0.15) is 0 Å². The van der Waals surface area contributed by atoms with Crippen molar-refractivity contribution < 1.29 is 23.5 Å². The number of para-hydroxylation sites is 1. The number of anilines is 1. The van der Waals surface area contributed by atoms with Crippen molar-refractivity contribution >= 4 is 29.2 Å². The van der Waals surface area contributed by atoms with Crippen molar-refractivity contribution in [2.24, 2.45) is 0 Å². The van der Waals surface area contributed by atoms with E-state index in [-0.39, 0.29) is 12.4 Å². The van der Waals surface area contributed by atoms with Crippen LogP contribution in [-0.2, 0) is 16.1 Å². The molecule has 0 radical (unpaired) electrons. The second-order valence-corrected chi connectivity index (χ2v) is 6.35. The van der Waals surface area contributed by atoms with E-state index in [0.29, 0.717) is 22.2 Å². The third-order valence-electron chi connectivity index (χ3n) is 3.75. The lowest BCUT2D eigenvalue weighted by Gasteiger charge is -2.12. The van der Waals surface area contributed by atoms with E-state index in [1.54, 1.807) is 30.3 Å². The van der Waals surface area contributed by atoms with Crippen LogP contribution in [0.5, 0.6) is 5.75 Å². The van der Waals surface area contributed by atoms with Gasteiger partial charge in [0.15, 0.2) is 6.10 Å². The molecule has 3 aromatic rings. The minimum atomic E-state index is -1.00. The van der Waals surface area contributed by atoms with Crippen molar-refractivity contribution in [2.75, 3.05) is 5.32 Å². The van der Waals surface area contributed by atoms with Gasteiger partial charge in [-0.1, -0.05) is 29.8 Å². The minimum absolute atomic E-state index is 0.00203. The number of halogens is 1. The van der Waals surface area contributed by atoms with E-state index in [1.165, 1.54) is 13.0 Å². The molecule has 0 aliphatic carbocycles. The van der Waals surface area contributed by atoms with Gasteiger partial charge in [0.05, 0.1) is 0 Å². The lowest BCUT2D eigenvalue weighted by atomic mass is 10.3. The molecule has 0 saturated heterocycles. The highest BCUT2D eigenvalue weighted by Crippen LogP contribution is 2.16. The number of hydrogen-bond acceptors (Lipinski definition) is 5. The Morgan fingerprint density at radius 3 is 2.46 bits per heavy atom. The summed E-state index contributed by atoms with van der Waals surface area (Å²) in [6, 6.07) is 18.9. The Bertz CT molecular complexity index is 937. The molecule has 6 nitrogen and oxygen atoms in total. The zero-order valence-electron chi connectivity index (χ0n) is 15.1. The first-order valence-electron chi connectivity index (χ1n) is 8.55. The number of ether oxygens (including phenoxy) is 2. The van der Waals surface area contributed by atoms with Gasteiger partial charge in [0.2, 0.25) is 5.76 Å². The SMILES string of the molecule is CC(OC(=O)c1ccc(COc2ccccc2)o1)C(=O)Nc1ccc(Cl)cc1. The van der Waals surface area contributed by atoms with Gasteiger partial charge in [0, 0.05) is 10.7 Å². The molecule has 2 aromatic carbocycles. The molecule has 0 aliphatic rings. The molecule has 3 rings (SSSR count). The van der Waals surface area contributed by atoms with E-state index in [2.05, 4.69) is 5.32 Å². The van der Waals surface area contributed by atoms with E-state index >= 15 is 0 Å². The van der Waals surface area contributed by atoms with E-state index < -0.39 is 18.0 Å². The maximum absolute atomic E-state index is 12.2. The van der Waals surface area contributed by atoms with Gasteiger partial charge < -0.3 is 19.2 Å². The number of esters is 1. The van der Waals surface area contributed by atoms with Crippen LogP contribution in [0.15, 0.2) is 71.1 Å². The van der Waals surface area contributed by atoms with Crippen molar-refractivity contribution in [3.8, 4) is 5.75 Å². The highest BCUT2D eigenvalue weighted by atomic mass is 35.5. The first kappa shape index (κ1) is 19.5. The van der Waals surface area contributed by atoms with Crippen LogP contribution in [0.4, 0.5) is 5.69 Å². The van der Waals surface area contributed by atoms with Crippen LogP contribution in [0.2, 0.25) is 5.02 Å². The van der Waals surface area contributed by atoms with Gasteiger partial charge in [0.25, 0.3) is 5.91 Å². The zero-order valence-corrected chi connectivity index (χ0v) is 15.8. The molecule has 0 aliphatic heterocycles. The molecule has 1 N–H and O–H groups in total. The van der Waals surface area contributed by atoms with Gasteiger partial charge in [-0.3, -0.25) is 4.79 Å². The molecule has 0 bridgehead atoms. The Morgan fingerprint density at radius 1 is 1.04 bits per heavy atom. The number of carbonyl (C=O) groups excluding carboxylic acids is 2. The molecule has 1 aromatic heterocycles. The molecule has 1 heterocycles. The Morgan fingerprint density at radius 2 is 1.75 bits per heavy atom. The van der Waals surface area contributed by atoms with Crippen LogP contribution in [0.25, 0.3) is 0 Å². The summed E-state index contributed by atoms with van der Waals surface area (Å²) in [5.74, 6) is -0.0398. The molecule has 0 fully saturated rings. The molecule has 0 spiro atoms. The molecule has 144 valence electrons. The summed E-state index contributed by atoms with van der Waals surface area (Å²) in [5, 5.41) is 3.20. The second-order valence-electron chi connectivity index (χ2n) is 5.91. The molecular weight excluding hydrogens is 382 g/mol. The van der Waals surface area contributed by atoms with Crippen LogP contribution in [0.1, 0.15) is 23.2 Å². The number of hydrogen-bond donors (Lipinski definition) is 1. The molecule has 28 heavy (non-hydrogen) atoms. The summed E-state index contributed by atoms with van der Waals surface area (Å²) in [4.78, 5) is 24.3. The van der Waals surface area contributed by atoms with Crippen molar-refractivity contribution in [1.29, 1.82) is 0 Å². The summed E-state index contributed by atoms with van der Waals surface area (Å²) >= 11 is 5.81. The molecule has 1 amide bonds. The van der Waals surface area contributed by atoms with Gasteiger partial charge >= 0.3 is 5.97 Å². The first-order valence-corrected chi connectivity index (χ1v) is 8.93. The summed E-state index contributed by atoms with van der Waals surface area (Å²) in [7, 11) is 0. The Kier molecular flexibility index (Phi) is 6.34. The fourth-order valence-electron chi connectivity index (χ4n) is 2.29. The second kappa shape index (κ2) is 9.10. The summed E-state index contributed by atoms with van der Waals surface area (Å²) < 4.78 is 16.2. The fraction of sp³-hybridized carbons (Fsp3) is 0.143. The van der Waals surface area contributed by atoms with Gasteiger partial charge in [-0.05, 0) is 55.5 Å².